The van der Waals surface area contributed by atoms with Gasteiger partial charge in [-0.15, -0.1) is 0 Å². The molecule has 1 fully saturated rings. The predicted octanol–water partition coefficient (Wildman–Crippen LogP) is 2.67. The molecule has 0 bridgehead atoms. The fourth-order valence-corrected chi connectivity index (χ4v) is 2.77. The van der Waals surface area contributed by atoms with E-state index in [1.54, 1.807) is 13.8 Å². The molecule has 2 rings (SSSR count). The lowest BCUT2D eigenvalue weighted by Crippen LogP contribution is -2.40. The Morgan fingerprint density at radius 1 is 1.35 bits per heavy atom. The van der Waals surface area contributed by atoms with Gasteiger partial charge in [-0.05, 0) is 24.5 Å². The minimum atomic E-state index is -4.56. The highest BCUT2D eigenvalue weighted by atomic mass is 19.4. The third-order valence-electron chi connectivity index (χ3n) is 4.42. The molecule has 0 aliphatic carbocycles. The molecular formula is C15H17F3N2O3. The molecule has 0 aromatic carbocycles. The van der Waals surface area contributed by atoms with Gasteiger partial charge >= 0.3 is 12.1 Å². The second-order valence-corrected chi connectivity index (χ2v) is 6.02. The molecule has 1 aromatic heterocycles. The van der Waals surface area contributed by atoms with Gasteiger partial charge in [0.05, 0.1) is 11.0 Å². The molecule has 0 radical (unpaired) electrons. The maximum Gasteiger partial charge on any atom is 0.433 e. The first-order chi connectivity index (χ1) is 10.6. The molecule has 1 unspecified atom stereocenters. The molecule has 23 heavy (non-hydrogen) atoms. The van der Waals surface area contributed by atoms with E-state index in [1.165, 1.54) is 4.90 Å². The number of aromatic nitrogens is 1. The molecule has 0 spiro atoms. The second kappa shape index (κ2) is 5.82. The van der Waals surface area contributed by atoms with Gasteiger partial charge in [0.1, 0.15) is 5.69 Å². The van der Waals surface area contributed by atoms with Crippen molar-refractivity contribution in [1.29, 1.82) is 0 Å². The fraction of sp³-hybridized carbons (Fsp3) is 0.533. The summed E-state index contributed by atoms with van der Waals surface area (Å²) in [7, 11) is 0. The Balaban J connectivity index is 2.18. The molecular weight excluding hydrogens is 313 g/mol. The zero-order valence-corrected chi connectivity index (χ0v) is 12.7. The van der Waals surface area contributed by atoms with E-state index in [0.717, 1.165) is 18.3 Å². The minimum Gasteiger partial charge on any atom is -0.481 e. The number of hydrogen-bond donors (Lipinski definition) is 1. The van der Waals surface area contributed by atoms with Crippen molar-refractivity contribution in [2.24, 2.45) is 11.3 Å². The first-order valence-electron chi connectivity index (χ1n) is 7.14. The van der Waals surface area contributed by atoms with Crippen LogP contribution < -0.4 is 0 Å². The van der Waals surface area contributed by atoms with E-state index in [9.17, 15) is 27.9 Å². The van der Waals surface area contributed by atoms with E-state index >= 15 is 0 Å². The summed E-state index contributed by atoms with van der Waals surface area (Å²) >= 11 is 0. The zero-order chi connectivity index (χ0) is 17.4. The number of carboxylic acids is 1. The lowest BCUT2D eigenvalue weighted by molar-refractivity contribution is -0.150. The van der Waals surface area contributed by atoms with E-state index in [1.807, 2.05) is 0 Å². The Hall–Kier alpha value is -2.12. The van der Waals surface area contributed by atoms with Crippen LogP contribution in [0.4, 0.5) is 13.2 Å². The van der Waals surface area contributed by atoms with E-state index < -0.39 is 29.2 Å². The first-order valence-corrected chi connectivity index (χ1v) is 7.14. The summed E-state index contributed by atoms with van der Waals surface area (Å²) in [5.41, 5.74) is -2.07. The number of rotatable bonds is 3. The Bertz CT molecular complexity index is 613. The molecule has 1 saturated heterocycles. The van der Waals surface area contributed by atoms with Gasteiger partial charge < -0.3 is 10.0 Å². The maximum absolute atomic E-state index is 12.5. The van der Waals surface area contributed by atoms with Crippen LogP contribution in [-0.2, 0) is 11.0 Å². The van der Waals surface area contributed by atoms with Crippen LogP contribution in [0.25, 0.3) is 0 Å². The van der Waals surface area contributed by atoms with Crippen LogP contribution >= 0.6 is 0 Å². The van der Waals surface area contributed by atoms with Gasteiger partial charge in [0, 0.05) is 19.3 Å². The third-order valence-corrected chi connectivity index (χ3v) is 4.42. The van der Waals surface area contributed by atoms with Gasteiger partial charge in [-0.3, -0.25) is 14.6 Å². The molecule has 1 amide bonds. The molecule has 1 N–H and O–H groups in total. The van der Waals surface area contributed by atoms with E-state index in [-0.39, 0.29) is 24.6 Å². The number of hydrogen-bond acceptors (Lipinski definition) is 3. The monoisotopic (exact) mass is 330 g/mol. The molecule has 1 atom stereocenters. The summed E-state index contributed by atoms with van der Waals surface area (Å²) < 4.78 is 37.4. The number of carbonyl (C=O) groups excluding carboxylic acids is 1. The number of likely N-dealkylation sites (tertiary alicyclic amines) is 1. The van der Waals surface area contributed by atoms with E-state index in [0.29, 0.717) is 6.42 Å². The highest BCUT2D eigenvalue weighted by Crippen LogP contribution is 2.38. The average molecular weight is 330 g/mol. The van der Waals surface area contributed by atoms with Gasteiger partial charge in [-0.25, -0.2) is 0 Å². The van der Waals surface area contributed by atoms with Crippen LogP contribution in [0.2, 0.25) is 0 Å². The number of nitrogens with zero attached hydrogens (tertiary/aromatic N) is 2. The van der Waals surface area contributed by atoms with Crippen LogP contribution in [0, 0.1) is 11.3 Å². The Labute approximate surface area is 131 Å². The minimum absolute atomic E-state index is 0.0166. The van der Waals surface area contributed by atoms with Gasteiger partial charge in [-0.2, -0.15) is 13.2 Å². The summed E-state index contributed by atoms with van der Waals surface area (Å²) in [6, 6.07) is 1.81. The number of amides is 1. The summed E-state index contributed by atoms with van der Waals surface area (Å²) in [5, 5.41) is 9.45. The van der Waals surface area contributed by atoms with Crippen molar-refractivity contribution in [3.8, 4) is 0 Å². The fourth-order valence-electron chi connectivity index (χ4n) is 2.77. The molecule has 0 saturated carbocycles. The van der Waals surface area contributed by atoms with E-state index in [2.05, 4.69) is 4.98 Å². The van der Waals surface area contributed by atoms with Crippen molar-refractivity contribution in [3.05, 3.63) is 29.6 Å². The number of aliphatic carboxylic acids is 1. The first kappa shape index (κ1) is 17.2. The van der Waals surface area contributed by atoms with Crippen molar-refractivity contribution in [1.82, 2.24) is 9.88 Å². The number of pyridine rings is 1. The smallest absolute Gasteiger partial charge is 0.433 e. The number of halogens is 3. The van der Waals surface area contributed by atoms with Gasteiger partial charge in [0.15, 0.2) is 0 Å². The van der Waals surface area contributed by atoms with E-state index in [4.69, 9.17) is 0 Å². The van der Waals surface area contributed by atoms with Crippen LogP contribution in [-0.4, -0.2) is 40.0 Å². The molecule has 1 aliphatic rings. The lowest BCUT2D eigenvalue weighted by Gasteiger charge is -2.28. The SMILES string of the molecule is CC(C)C1(C(=O)O)CCN(C(=O)c2ccc(C(F)(F)F)nc2)C1. The highest BCUT2D eigenvalue weighted by Gasteiger charge is 2.48. The molecule has 1 aliphatic heterocycles. The van der Waals surface area contributed by atoms with Crippen LogP contribution in [0.15, 0.2) is 18.3 Å². The van der Waals surface area contributed by atoms with Gasteiger partial charge in [-0.1, -0.05) is 13.8 Å². The third kappa shape index (κ3) is 3.16. The van der Waals surface area contributed by atoms with Crippen molar-refractivity contribution in [2.45, 2.75) is 26.4 Å². The number of alkyl halides is 3. The Kier molecular flexibility index (Phi) is 4.37. The topological polar surface area (TPSA) is 70.5 Å². The summed E-state index contributed by atoms with van der Waals surface area (Å²) in [4.78, 5) is 28.5. The van der Waals surface area contributed by atoms with Crippen LogP contribution in [0.5, 0.6) is 0 Å². The Morgan fingerprint density at radius 2 is 2.00 bits per heavy atom. The van der Waals surface area contributed by atoms with Crippen molar-refractivity contribution >= 4 is 11.9 Å². The van der Waals surface area contributed by atoms with Crippen LogP contribution in [0.3, 0.4) is 0 Å². The molecule has 5 nitrogen and oxygen atoms in total. The Morgan fingerprint density at radius 3 is 2.39 bits per heavy atom. The van der Waals surface area contributed by atoms with Crippen molar-refractivity contribution < 1.29 is 27.9 Å². The summed E-state index contributed by atoms with van der Waals surface area (Å²) in [6.07, 6.45) is -3.37. The van der Waals surface area contributed by atoms with Gasteiger partial charge in [0.2, 0.25) is 0 Å². The van der Waals surface area contributed by atoms with Crippen molar-refractivity contribution in [2.75, 3.05) is 13.1 Å². The lowest BCUT2D eigenvalue weighted by atomic mass is 9.76. The number of carbonyl (C=O) groups is 2. The van der Waals surface area contributed by atoms with Gasteiger partial charge in [0.25, 0.3) is 5.91 Å². The molecule has 126 valence electrons. The van der Waals surface area contributed by atoms with Crippen LogP contribution in [0.1, 0.15) is 36.3 Å². The maximum atomic E-state index is 12.5. The predicted molar refractivity (Wildman–Crippen MR) is 74.7 cm³/mol. The van der Waals surface area contributed by atoms with Crippen molar-refractivity contribution in [3.63, 3.8) is 0 Å². The summed E-state index contributed by atoms with van der Waals surface area (Å²) in [5.74, 6) is -1.63. The quantitative estimate of drug-likeness (QED) is 0.925. The molecule has 1 aromatic rings. The zero-order valence-electron chi connectivity index (χ0n) is 12.7. The molecule has 8 heteroatoms. The number of carboxylic acid groups (broad SMARTS) is 1. The summed E-state index contributed by atoms with van der Waals surface area (Å²) in [6.45, 7) is 3.85. The molecule has 2 heterocycles. The highest BCUT2D eigenvalue weighted by molar-refractivity contribution is 5.94. The average Bonchev–Trinajstić information content (AvgIpc) is 2.92. The largest absolute Gasteiger partial charge is 0.481 e. The second-order valence-electron chi connectivity index (χ2n) is 6.02. The standard InChI is InChI=1S/C15H17F3N2O3/c1-9(2)14(13(22)23)5-6-20(8-14)12(21)10-3-4-11(19-7-10)15(16,17)18/h3-4,7,9H,5-6,8H2,1-2H3,(H,22,23). The normalized spacial score (nSPS) is 21.7.